The highest BCUT2D eigenvalue weighted by Gasteiger charge is 2.44. The first-order valence-electron chi connectivity index (χ1n) is 7.35. The second-order valence-electron chi connectivity index (χ2n) is 5.49. The van der Waals surface area contributed by atoms with Crippen LogP contribution in [0, 0.1) is 0 Å². The molecule has 1 aliphatic heterocycles. The summed E-state index contributed by atoms with van der Waals surface area (Å²) in [7, 11) is 0. The maximum atomic E-state index is 12.1. The minimum Gasteiger partial charge on any atom is -0.352 e. The molecule has 0 spiro atoms. The molecular formula is C17H22N2O2. The van der Waals surface area contributed by atoms with E-state index in [0.29, 0.717) is 13.0 Å². The molecule has 4 heteroatoms. The predicted octanol–water partition coefficient (Wildman–Crippen LogP) is 1.87. The number of carbonyl (C=O) groups is 2. The molecule has 1 fully saturated rings. The van der Waals surface area contributed by atoms with Gasteiger partial charge in [-0.25, -0.2) is 0 Å². The number of likely N-dealkylation sites (tertiary alicyclic amines) is 1. The molecule has 1 aromatic rings. The van der Waals surface area contributed by atoms with Gasteiger partial charge in [0, 0.05) is 31.5 Å². The van der Waals surface area contributed by atoms with Crippen LogP contribution in [0.4, 0.5) is 0 Å². The minimum absolute atomic E-state index is 0.0966. The summed E-state index contributed by atoms with van der Waals surface area (Å²) >= 11 is 0. The van der Waals surface area contributed by atoms with E-state index in [1.807, 2.05) is 23.1 Å². The van der Waals surface area contributed by atoms with Crippen LogP contribution in [0.1, 0.15) is 25.3 Å². The molecular weight excluding hydrogens is 264 g/mol. The van der Waals surface area contributed by atoms with Gasteiger partial charge in [0.1, 0.15) is 0 Å². The summed E-state index contributed by atoms with van der Waals surface area (Å²) in [5, 5.41) is 2.63. The van der Waals surface area contributed by atoms with Gasteiger partial charge in [-0.1, -0.05) is 43.8 Å². The molecule has 1 heterocycles. The van der Waals surface area contributed by atoms with Crippen LogP contribution in [0.25, 0.3) is 0 Å². The molecule has 0 unspecified atom stereocenters. The molecule has 1 saturated heterocycles. The third-order valence-corrected chi connectivity index (χ3v) is 4.23. The van der Waals surface area contributed by atoms with Crippen LogP contribution in [-0.4, -0.2) is 36.3 Å². The summed E-state index contributed by atoms with van der Waals surface area (Å²) in [5.74, 6) is -0.141. The van der Waals surface area contributed by atoms with E-state index in [9.17, 15) is 9.59 Å². The molecule has 2 amide bonds. The van der Waals surface area contributed by atoms with E-state index < -0.39 is 0 Å². The second-order valence-corrected chi connectivity index (χ2v) is 5.49. The van der Waals surface area contributed by atoms with Crippen LogP contribution >= 0.6 is 0 Å². The maximum absolute atomic E-state index is 12.1. The summed E-state index contributed by atoms with van der Waals surface area (Å²) in [4.78, 5) is 25.0. The van der Waals surface area contributed by atoms with E-state index in [1.165, 1.54) is 11.6 Å². The maximum Gasteiger partial charge on any atom is 0.243 e. The fraction of sp³-hybridized carbons (Fsp3) is 0.412. The summed E-state index contributed by atoms with van der Waals surface area (Å²) in [6, 6.07) is 10.4. The number of nitrogens with one attached hydrogen (secondary N) is 1. The van der Waals surface area contributed by atoms with Gasteiger partial charge in [-0.2, -0.15) is 0 Å². The molecule has 0 bridgehead atoms. The number of nitrogens with zero attached hydrogens (tertiary/aromatic N) is 1. The lowest BCUT2D eigenvalue weighted by Gasteiger charge is -2.50. The van der Waals surface area contributed by atoms with Crippen LogP contribution in [-0.2, 0) is 15.0 Å². The lowest BCUT2D eigenvalue weighted by atomic mass is 9.71. The topological polar surface area (TPSA) is 49.4 Å². The quantitative estimate of drug-likeness (QED) is 0.812. The lowest BCUT2D eigenvalue weighted by Crippen LogP contribution is -2.61. The minimum atomic E-state index is -0.237. The van der Waals surface area contributed by atoms with Gasteiger partial charge in [0.05, 0.1) is 0 Å². The van der Waals surface area contributed by atoms with E-state index in [4.69, 9.17) is 0 Å². The monoisotopic (exact) mass is 286 g/mol. The fourth-order valence-corrected chi connectivity index (χ4v) is 2.79. The van der Waals surface area contributed by atoms with Crippen molar-refractivity contribution >= 4 is 11.8 Å². The van der Waals surface area contributed by atoms with Gasteiger partial charge in [0.2, 0.25) is 11.8 Å². The third kappa shape index (κ3) is 3.32. The normalized spacial score (nSPS) is 16.0. The Hall–Kier alpha value is -2.10. The number of rotatable bonds is 6. The van der Waals surface area contributed by atoms with Crippen molar-refractivity contribution in [2.24, 2.45) is 0 Å². The van der Waals surface area contributed by atoms with Gasteiger partial charge in [0.15, 0.2) is 0 Å². The number of amides is 2. The average Bonchev–Trinajstić information content (AvgIpc) is 2.47. The van der Waals surface area contributed by atoms with E-state index >= 15 is 0 Å². The van der Waals surface area contributed by atoms with Crippen molar-refractivity contribution in [2.75, 3.05) is 19.6 Å². The smallest absolute Gasteiger partial charge is 0.243 e. The molecule has 21 heavy (non-hydrogen) atoms. The molecule has 0 aromatic heterocycles. The summed E-state index contributed by atoms with van der Waals surface area (Å²) < 4.78 is 0. The van der Waals surface area contributed by atoms with Crippen molar-refractivity contribution < 1.29 is 9.59 Å². The van der Waals surface area contributed by atoms with Crippen molar-refractivity contribution in [3.05, 3.63) is 48.6 Å². The Balaban J connectivity index is 1.85. The van der Waals surface area contributed by atoms with E-state index in [0.717, 1.165) is 19.5 Å². The van der Waals surface area contributed by atoms with Gasteiger partial charge in [-0.05, 0) is 18.1 Å². The SMILES string of the molecule is C=CC(=O)NCCC(=O)N1CC(CC)(c2ccccc2)C1. The molecule has 2 rings (SSSR count). The summed E-state index contributed by atoms with van der Waals surface area (Å²) in [6.07, 6.45) is 2.58. The zero-order chi connectivity index (χ0) is 15.3. The highest BCUT2D eigenvalue weighted by Crippen LogP contribution is 2.37. The Morgan fingerprint density at radius 3 is 2.57 bits per heavy atom. The van der Waals surface area contributed by atoms with E-state index in [1.54, 1.807) is 0 Å². The van der Waals surface area contributed by atoms with Crippen molar-refractivity contribution in [2.45, 2.75) is 25.2 Å². The molecule has 112 valence electrons. The average molecular weight is 286 g/mol. The van der Waals surface area contributed by atoms with Crippen molar-refractivity contribution in [1.82, 2.24) is 10.2 Å². The first kappa shape index (κ1) is 15.3. The molecule has 1 aliphatic rings. The van der Waals surface area contributed by atoms with Gasteiger partial charge >= 0.3 is 0 Å². The number of hydrogen-bond donors (Lipinski definition) is 1. The number of hydrogen-bond acceptors (Lipinski definition) is 2. The van der Waals surface area contributed by atoms with E-state index in [2.05, 4.69) is 31.0 Å². The van der Waals surface area contributed by atoms with Crippen LogP contribution in [0.3, 0.4) is 0 Å². The highest BCUT2D eigenvalue weighted by molar-refractivity contribution is 5.87. The molecule has 0 atom stereocenters. The first-order valence-corrected chi connectivity index (χ1v) is 7.35. The molecule has 1 aromatic carbocycles. The molecule has 0 aliphatic carbocycles. The van der Waals surface area contributed by atoms with Crippen LogP contribution in [0.5, 0.6) is 0 Å². The molecule has 0 radical (unpaired) electrons. The lowest BCUT2D eigenvalue weighted by molar-refractivity contribution is -0.139. The zero-order valence-corrected chi connectivity index (χ0v) is 12.5. The van der Waals surface area contributed by atoms with Gasteiger partial charge < -0.3 is 10.2 Å². The van der Waals surface area contributed by atoms with Gasteiger partial charge in [-0.3, -0.25) is 9.59 Å². The second kappa shape index (κ2) is 6.57. The van der Waals surface area contributed by atoms with Crippen LogP contribution in [0.15, 0.2) is 43.0 Å². The van der Waals surface area contributed by atoms with Crippen molar-refractivity contribution in [1.29, 1.82) is 0 Å². The predicted molar refractivity (Wildman–Crippen MR) is 82.8 cm³/mol. The highest BCUT2D eigenvalue weighted by atomic mass is 16.2. The zero-order valence-electron chi connectivity index (χ0n) is 12.5. The Kier molecular flexibility index (Phi) is 4.78. The number of benzene rings is 1. The Morgan fingerprint density at radius 2 is 2.00 bits per heavy atom. The molecule has 4 nitrogen and oxygen atoms in total. The first-order chi connectivity index (χ1) is 10.1. The van der Waals surface area contributed by atoms with Crippen LogP contribution < -0.4 is 5.32 Å². The Bertz CT molecular complexity index is 519. The summed E-state index contributed by atoms with van der Waals surface area (Å²) in [6.45, 7) is 7.44. The Labute approximate surface area is 125 Å². The number of carbonyl (C=O) groups excluding carboxylic acids is 2. The Morgan fingerprint density at radius 1 is 1.33 bits per heavy atom. The largest absolute Gasteiger partial charge is 0.352 e. The fourth-order valence-electron chi connectivity index (χ4n) is 2.79. The van der Waals surface area contributed by atoms with Gasteiger partial charge in [-0.15, -0.1) is 0 Å². The molecule has 1 N–H and O–H groups in total. The van der Waals surface area contributed by atoms with E-state index in [-0.39, 0.29) is 17.2 Å². The third-order valence-electron chi connectivity index (χ3n) is 4.23. The standard InChI is InChI=1S/C17H22N2O2/c1-3-15(20)18-11-10-16(21)19-12-17(4-2,13-19)14-8-6-5-7-9-14/h3,5-9H,1,4,10-13H2,2H3,(H,18,20). The summed E-state index contributed by atoms with van der Waals surface area (Å²) in [5.41, 5.74) is 1.40. The van der Waals surface area contributed by atoms with Crippen LogP contribution in [0.2, 0.25) is 0 Å². The van der Waals surface area contributed by atoms with Crippen molar-refractivity contribution in [3.8, 4) is 0 Å². The van der Waals surface area contributed by atoms with Crippen molar-refractivity contribution in [3.63, 3.8) is 0 Å². The molecule has 0 saturated carbocycles. The van der Waals surface area contributed by atoms with Gasteiger partial charge in [0.25, 0.3) is 0 Å².